The molecule has 1 aromatic rings. The van der Waals surface area contributed by atoms with Crippen LogP contribution in [0.15, 0.2) is 24.3 Å². The van der Waals surface area contributed by atoms with Gasteiger partial charge in [-0.15, -0.1) is 0 Å². The third-order valence-electron chi connectivity index (χ3n) is 4.98. The van der Waals surface area contributed by atoms with Gasteiger partial charge in [-0.2, -0.15) is 11.8 Å². The van der Waals surface area contributed by atoms with Crippen molar-refractivity contribution in [1.29, 1.82) is 0 Å². The summed E-state index contributed by atoms with van der Waals surface area (Å²) >= 11 is 1.56. The van der Waals surface area contributed by atoms with E-state index in [1.54, 1.807) is 50.7 Å². The number of amides is 3. The predicted molar refractivity (Wildman–Crippen MR) is 130 cm³/mol. The number of benzene rings is 1. The van der Waals surface area contributed by atoms with Gasteiger partial charge in [0.05, 0.1) is 0 Å². The number of carbonyl (C=O) groups excluding carboxylic acids is 3. The van der Waals surface area contributed by atoms with Crippen molar-refractivity contribution in [1.82, 2.24) is 15.5 Å². The average Bonchev–Trinajstić information content (AvgIpc) is 3.52. The molecule has 184 valence electrons. The minimum atomic E-state index is -1.01. The van der Waals surface area contributed by atoms with E-state index >= 15 is 0 Å². The van der Waals surface area contributed by atoms with Crippen molar-refractivity contribution >= 4 is 29.7 Å². The van der Waals surface area contributed by atoms with E-state index in [-0.39, 0.29) is 29.6 Å². The van der Waals surface area contributed by atoms with Gasteiger partial charge in [-0.3, -0.25) is 9.59 Å². The zero-order valence-corrected chi connectivity index (χ0v) is 21.2. The van der Waals surface area contributed by atoms with Gasteiger partial charge < -0.3 is 25.4 Å². The number of hydrogen-bond acceptors (Lipinski definition) is 6. The molecule has 3 N–H and O–H groups in total. The highest BCUT2D eigenvalue weighted by atomic mass is 32.2. The second kappa shape index (κ2) is 11.6. The van der Waals surface area contributed by atoms with Crippen LogP contribution in [-0.2, 0) is 14.3 Å². The number of alkyl carbamates (subject to hydrolysis) is 1. The minimum Gasteiger partial charge on any atom is -0.508 e. The van der Waals surface area contributed by atoms with E-state index in [2.05, 4.69) is 10.6 Å². The molecule has 1 fully saturated rings. The van der Waals surface area contributed by atoms with Gasteiger partial charge in [-0.05, 0) is 72.0 Å². The molecule has 0 radical (unpaired) electrons. The Morgan fingerprint density at radius 1 is 1.18 bits per heavy atom. The van der Waals surface area contributed by atoms with Crippen LogP contribution in [0, 0.1) is 0 Å². The third-order valence-corrected chi connectivity index (χ3v) is 5.63. The maximum absolute atomic E-state index is 13.8. The normalized spacial score (nSPS) is 15.5. The largest absolute Gasteiger partial charge is 0.508 e. The molecule has 1 aliphatic carbocycles. The second-order valence-corrected chi connectivity index (χ2v) is 10.6. The number of thioether (sulfide) groups is 1. The molecule has 9 heteroatoms. The Labute approximate surface area is 200 Å². The highest BCUT2D eigenvalue weighted by Gasteiger charge is 2.44. The number of phenolic OH excluding ortho intramolecular Hbond substituents is 1. The Balaban J connectivity index is 2.42. The number of para-hydroxylation sites is 1. The summed E-state index contributed by atoms with van der Waals surface area (Å²) in [5, 5.41) is 16.1. The molecule has 0 aromatic heterocycles. The van der Waals surface area contributed by atoms with Crippen LogP contribution in [-0.4, -0.2) is 63.6 Å². The van der Waals surface area contributed by atoms with Crippen LogP contribution in [0.2, 0.25) is 0 Å². The number of rotatable bonds is 10. The Morgan fingerprint density at radius 3 is 2.33 bits per heavy atom. The topological polar surface area (TPSA) is 108 Å². The van der Waals surface area contributed by atoms with Crippen molar-refractivity contribution < 1.29 is 24.2 Å². The lowest BCUT2D eigenvalue weighted by molar-refractivity contribution is -0.143. The Hall–Kier alpha value is -2.42. The molecule has 0 aliphatic heterocycles. The molecular weight excluding hydrogens is 442 g/mol. The second-order valence-electron chi connectivity index (χ2n) is 9.58. The summed E-state index contributed by atoms with van der Waals surface area (Å²) in [6.45, 7) is 8.95. The van der Waals surface area contributed by atoms with Gasteiger partial charge in [0.25, 0.3) is 0 Å². The van der Waals surface area contributed by atoms with Gasteiger partial charge in [0.2, 0.25) is 11.8 Å². The van der Waals surface area contributed by atoms with Crippen molar-refractivity contribution in [3.8, 4) is 5.75 Å². The summed E-state index contributed by atoms with van der Waals surface area (Å²) in [5.41, 5.74) is -0.347. The molecule has 1 aliphatic rings. The summed E-state index contributed by atoms with van der Waals surface area (Å²) < 4.78 is 5.37. The predicted octanol–water partition coefficient (Wildman–Crippen LogP) is 3.60. The van der Waals surface area contributed by atoms with Gasteiger partial charge in [-0.1, -0.05) is 18.2 Å². The fourth-order valence-corrected chi connectivity index (χ4v) is 3.96. The molecular formula is C24H37N3O5S. The molecule has 3 amide bonds. The highest BCUT2D eigenvalue weighted by Crippen LogP contribution is 2.38. The highest BCUT2D eigenvalue weighted by molar-refractivity contribution is 7.98. The molecule has 0 bridgehead atoms. The van der Waals surface area contributed by atoms with Crippen molar-refractivity contribution in [2.45, 2.75) is 83.6 Å². The molecule has 0 spiro atoms. The maximum atomic E-state index is 13.8. The van der Waals surface area contributed by atoms with E-state index in [0.29, 0.717) is 17.7 Å². The monoisotopic (exact) mass is 479 g/mol. The summed E-state index contributed by atoms with van der Waals surface area (Å²) in [6, 6.07) is 4.41. The van der Waals surface area contributed by atoms with E-state index in [0.717, 1.165) is 12.8 Å². The third kappa shape index (κ3) is 8.14. The number of hydrogen-bond donors (Lipinski definition) is 3. The first-order chi connectivity index (χ1) is 15.4. The molecule has 1 aromatic carbocycles. The van der Waals surface area contributed by atoms with E-state index in [9.17, 15) is 19.5 Å². The number of nitrogens with one attached hydrogen (secondary N) is 2. The zero-order valence-electron chi connectivity index (χ0n) is 20.4. The maximum Gasteiger partial charge on any atom is 0.408 e. The van der Waals surface area contributed by atoms with Crippen molar-refractivity contribution in [3.05, 3.63) is 29.8 Å². The lowest BCUT2D eigenvalue weighted by Gasteiger charge is -2.35. The Kier molecular flexibility index (Phi) is 9.46. The lowest BCUT2D eigenvalue weighted by Crippen LogP contribution is -2.54. The summed E-state index contributed by atoms with van der Waals surface area (Å²) in [7, 11) is 0. The number of aromatic hydroxyl groups is 1. The fourth-order valence-electron chi connectivity index (χ4n) is 3.49. The minimum absolute atomic E-state index is 0.0550. The van der Waals surface area contributed by atoms with Crippen LogP contribution in [0.5, 0.6) is 5.75 Å². The summed E-state index contributed by atoms with van der Waals surface area (Å²) in [5.74, 6) is -0.137. The van der Waals surface area contributed by atoms with Crippen LogP contribution in [0.25, 0.3) is 0 Å². The SMILES string of the molecule is CSCCC(NC(=O)OC(C)(C)C)C(=O)N(C1CC1)C(C(=O)NC(C)C)c1ccccc1O. The van der Waals surface area contributed by atoms with Gasteiger partial charge in [0, 0.05) is 17.6 Å². The van der Waals surface area contributed by atoms with Crippen LogP contribution in [0.4, 0.5) is 4.79 Å². The molecule has 1 saturated carbocycles. The zero-order chi connectivity index (χ0) is 24.8. The quantitative estimate of drug-likeness (QED) is 0.473. The first-order valence-electron chi connectivity index (χ1n) is 11.3. The van der Waals surface area contributed by atoms with Crippen LogP contribution in [0.1, 0.15) is 65.5 Å². The first kappa shape index (κ1) is 26.8. The van der Waals surface area contributed by atoms with Gasteiger partial charge in [0.1, 0.15) is 23.4 Å². The van der Waals surface area contributed by atoms with Gasteiger partial charge >= 0.3 is 6.09 Å². The van der Waals surface area contributed by atoms with Crippen LogP contribution in [0.3, 0.4) is 0 Å². The van der Waals surface area contributed by atoms with E-state index in [1.807, 2.05) is 20.1 Å². The molecule has 8 nitrogen and oxygen atoms in total. The molecule has 0 heterocycles. The molecule has 2 unspecified atom stereocenters. The number of phenols is 1. The standard InChI is InChI=1S/C24H37N3O5S/c1-15(2)25-21(29)20(17-9-7-8-10-19(17)28)27(16-11-12-16)22(30)18(13-14-33-6)26-23(31)32-24(3,4)5/h7-10,15-16,18,20,28H,11-14H2,1-6H3,(H,25,29)(H,26,31). The smallest absolute Gasteiger partial charge is 0.408 e. The van der Waals surface area contributed by atoms with E-state index in [4.69, 9.17) is 4.74 Å². The summed E-state index contributed by atoms with van der Waals surface area (Å²) in [4.78, 5) is 41.2. The molecule has 2 rings (SSSR count). The van der Waals surface area contributed by atoms with Crippen LogP contribution >= 0.6 is 11.8 Å². The van der Waals surface area contributed by atoms with Gasteiger partial charge in [0.15, 0.2) is 0 Å². The molecule has 2 atom stereocenters. The van der Waals surface area contributed by atoms with E-state index in [1.165, 1.54) is 11.0 Å². The number of ether oxygens (including phenoxy) is 1. The Bertz CT molecular complexity index is 836. The van der Waals surface area contributed by atoms with Crippen molar-refractivity contribution in [2.75, 3.05) is 12.0 Å². The average molecular weight is 480 g/mol. The first-order valence-corrected chi connectivity index (χ1v) is 12.7. The molecule has 0 saturated heterocycles. The fraction of sp³-hybridized carbons (Fsp3) is 0.625. The lowest BCUT2D eigenvalue weighted by atomic mass is 10.0. The Morgan fingerprint density at radius 2 is 1.82 bits per heavy atom. The van der Waals surface area contributed by atoms with Crippen molar-refractivity contribution in [2.24, 2.45) is 0 Å². The number of carbonyl (C=O) groups is 3. The van der Waals surface area contributed by atoms with Crippen molar-refractivity contribution in [3.63, 3.8) is 0 Å². The van der Waals surface area contributed by atoms with Crippen LogP contribution < -0.4 is 10.6 Å². The number of nitrogens with zero attached hydrogens (tertiary/aromatic N) is 1. The summed E-state index contributed by atoms with van der Waals surface area (Å²) in [6.07, 6.45) is 3.15. The molecule has 33 heavy (non-hydrogen) atoms. The van der Waals surface area contributed by atoms with Gasteiger partial charge in [-0.25, -0.2) is 4.79 Å². The van der Waals surface area contributed by atoms with E-state index < -0.39 is 23.8 Å².